The summed E-state index contributed by atoms with van der Waals surface area (Å²) in [4.78, 5) is 61.7. The standard InChI is InChI=1S/C33H38N4O8S/c1-20(38)18-35-32(41)36-13-10-33(11-14-36)28(39)26-21(2)27(29-34-12-17-44-29)46-30(26)37(31(33)40)19-25(45-22-8-15-43-16-9-22)23-6-4-5-7-24(23)42-3/h4-7,12,17,22,25H,8-11,13-16,18-19H2,1-3H3,(H,35,41). The lowest BCUT2D eigenvalue weighted by atomic mass is 9.69. The first-order valence-corrected chi connectivity index (χ1v) is 16.3. The van der Waals surface area contributed by atoms with Crippen LogP contribution in [0.5, 0.6) is 5.75 Å². The van der Waals surface area contributed by atoms with Crippen molar-refractivity contribution in [1.82, 2.24) is 15.2 Å². The number of piperidine rings is 1. The molecular weight excluding hydrogens is 612 g/mol. The molecule has 0 aliphatic carbocycles. The van der Waals surface area contributed by atoms with E-state index in [0.717, 1.165) is 18.4 Å². The van der Waals surface area contributed by atoms with Crippen LogP contribution < -0.4 is 15.0 Å². The fourth-order valence-corrected chi connectivity index (χ4v) is 7.80. The Morgan fingerprint density at radius 2 is 1.91 bits per heavy atom. The number of hydrogen-bond acceptors (Lipinski definition) is 10. The number of rotatable bonds is 9. The van der Waals surface area contributed by atoms with Crippen LogP contribution in [0.4, 0.5) is 9.80 Å². The molecule has 244 valence electrons. The number of likely N-dealkylation sites (tertiary alicyclic amines) is 1. The molecule has 0 bridgehead atoms. The topological polar surface area (TPSA) is 141 Å². The van der Waals surface area contributed by atoms with Crippen molar-refractivity contribution in [3.05, 3.63) is 53.4 Å². The van der Waals surface area contributed by atoms with Crippen molar-refractivity contribution >= 4 is 39.8 Å². The van der Waals surface area contributed by atoms with Crippen molar-refractivity contribution in [2.75, 3.05) is 51.4 Å². The number of anilines is 1. The van der Waals surface area contributed by atoms with Gasteiger partial charge in [-0.1, -0.05) is 18.2 Å². The first-order valence-electron chi connectivity index (χ1n) is 15.5. The van der Waals surface area contributed by atoms with Gasteiger partial charge >= 0.3 is 6.03 Å². The number of carbonyl (C=O) groups is 4. The minimum absolute atomic E-state index is 0.0787. The number of Topliss-reactive ketones (excluding diaryl/α,β-unsaturated/α-hetero) is 2. The number of oxazole rings is 1. The number of nitrogens with one attached hydrogen (secondary N) is 1. The number of fused-ring (bicyclic) bond motifs is 1. The molecule has 6 rings (SSSR count). The first-order chi connectivity index (χ1) is 22.2. The molecular formula is C33H38N4O8S. The van der Waals surface area contributed by atoms with Gasteiger partial charge in [0.05, 0.1) is 42.9 Å². The molecule has 1 unspecified atom stereocenters. The summed E-state index contributed by atoms with van der Waals surface area (Å²) in [6.07, 6.45) is 4.13. The number of carbonyl (C=O) groups excluding carboxylic acids is 4. The SMILES string of the molecule is COc1ccccc1C(CN1C(=O)C2(CCN(C(=O)NCC(C)=O)CC2)C(=O)c2c1sc(-c1ncco1)c2C)OC1CCOCC1. The Morgan fingerprint density at radius 3 is 2.59 bits per heavy atom. The highest BCUT2D eigenvalue weighted by atomic mass is 32.1. The van der Waals surface area contributed by atoms with Gasteiger partial charge in [-0.05, 0) is 51.2 Å². The third kappa shape index (κ3) is 5.94. The molecule has 0 radical (unpaired) electrons. The number of ketones is 2. The van der Waals surface area contributed by atoms with E-state index in [1.54, 1.807) is 23.1 Å². The van der Waals surface area contributed by atoms with Crippen LogP contribution in [-0.4, -0.2) is 86.0 Å². The predicted octanol–water partition coefficient (Wildman–Crippen LogP) is 4.57. The van der Waals surface area contributed by atoms with Crippen LogP contribution in [0.25, 0.3) is 10.8 Å². The molecule has 0 saturated carbocycles. The molecule has 3 aromatic rings. The monoisotopic (exact) mass is 650 g/mol. The Kier molecular flexibility index (Phi) is 9.25. The summed E-state index contributed by atoms with van der Waals surface area (Å²) in [5.74, 6) is 0.290. The van der Waals surface area contributed by atoms with Crippen molar-refractivity contribution in [2.24, 2.45) is 5.41 Å². The Bertz CT molecular complexity index is 1610. The maximum atomic E-state index is 14.8. The molecule has 3 amide bonds. The molecule has 2 aromatic heterocycles. The average molecular weight is 651 g/mol. The van der Waals surface area contributed by atoms with E-state index in [4.69, 9.17) is 18.6 Å². The largest absolute Gasteiger partial charge is 0.496 e. The number of hydrogen-bond donors (Lipinski definition) is 1. The van der Waals surface area contributed by atoms with Crippen LogP contribution in [0.3, 0.4) is 0 Å². The van der Waals surface area contributed by atoms with Gasteiger partial charge in [0, 0.05) is 31.9 Å². The van der Waals surface area contributed by atoms with Crippen molar-refractivity contribution in [1.29, 1.82) is 0 Å². The molecule has 3 aliphatic heterocycles. The Morgan fingerprint density at radius 1 is 1.17 bits per heavy atom. The molecule has 1 spiro atoms. The number of thiophene rings is 1. The third-order valence-corrected chi connectivity index (χ3v) is 10.4. The van der Waals surface area contributed by atoms with E-state index in [-0.39, 0.29) is 62.6 Å². The second-order valence-corrected chi connectivity index (χ2v) is 12.9. The van der Waals surface area contributed by atoms with E-state index in [9.17, 15) is 19.2 Å². The minimum atomic E-state index is -1.37. The van der Waals surface area contributed by atoms with Gasteiger partial charge in [0.1, 0.15) is 34.3 Å². The van der Waals surface area contributed by atoms with E-state index in [2.05, 4.69) is 10.3 Å². The average Bonchev–Trinajstić information content (AvgIpc) is 3.73. The Hall–Kier alpha value is -4.07. The number of aromatic nitrogens is 1. The molecule has 3 aliphatic rings. The number of ether oxygens (including phenoxy) is 3. The maximum Gasteiger partial charge on any atom is 0.317 e. The smallest absolute Gasteiger partial charge is 0.317 e. The van der Waals surface area contributed by atoms with Crippen LogP contribution >= 0.6 is 11.3 Å². The number of amides is 3. The summed E-state index contributed by atoms with van der Waals surface area (Å²) >= 11 is 1.31. The molecule has 1 N–H and O–H groups in total. The fraction of sp³-hybridized carbons (Fsp3) is 0.485. The summed E-state index contributed by atoms with van der Waals surface area (Å²) in [5, 5.41) is 3.15. The van der Waals surface area contributed by atoms with Crippen LogP contribution in [-0.2, 0) is 19.1 Å². The summed E-state index contributed by atoms with van der Waals surface area (Å²) in [6.45, 7) is 4.88. The zero-order valence-electron chi connectivity index (χ0n) is 26.2. The number of urea groups is 1. The normalized spacial score (nSPS) is 18.8. The Balaban J connectivity index is 1.39. The Labute approximate surface area is 271 Å². The van der Waals surface area contributed by atoms with Gasteiger partial charge in [-0.15, -0.1) is 11.3 Å². The van der Waals surface area contributed by atoms with Gasteiger partial charge < -0.3 is 28.8 Å². The molecule has 46 heavy (non-hydrogen) atoms. The van der Waals surface area contributed by atoms with Crippen LogP contribution in [0, 0.1) is 12.3 Å². The highest BCUT2D eigenvalue weighted by Crippen LogP contribution is 2.52. The second-order valence-electron chi connectivity index (χ2n) is 11.9. The van der Waals surface area contributed by atoms with E-state index in [0.29, 0.717) is 45.9 Å². The van der Waals surface area contributed by atoms with Crippen molar-refractivity contribution in [2.45, 2.75) is 51.7 Å². The predicted molar refractivity (Wildman–Crippen MR) is 169 cm³/mol. The summed E-state index contributed by atoms with van der Waals surface area (Å²) in [7, 11) is 1.60. The van der Waals surface area contributed by atoms with Crippen LogP contribution in [0.2, 0.25) is 0 Å². The van der Waals surface area contributed by atoms with Crippen LogP contribution in [0.15, 0.2) is 41.1 Å². The number of nitrogens with zero attached hydrogens (tertiary/aromatic N) is 3. The second kappa shape index (κ2) is 13.3. The molecule has 1 aromatic carbocycles. The first kappa shape index (κ1) is 31.9. The highest BCUT2D eigenvalue weighted by Gasteiger charge is 2.56. The number of benzene rings is 1. The summed E-state index contributed by atoms with van der Waals surface area (Å²) < 4.78 is 23.7. The summed E-state index contributed by atoms with van der Waals surface area (Å²) in [5.41, 5.74) is 0.603. The molecule has 2 saturated heterocycles. The maximum absolute atomic E-state index is 14.8. The zero-order valence-corrected chi connectivity index (χ0v) is 27.0. The number of methoxy groups -OCH3 is 1. The molecule has 2 fully saturated rings. The van der Waals surface area contributed by atoms with E-state index in [1.807, 2.05) is 31.2 Å². The molecule has 13 heteroatoms. The van der Waals surface area contributed by atoms with Gasteiger partial charge in [-0.25, -0.2) is 9.78 Å². The highest BCUT2D eigenvalue weighted by molar-refractivity contribution is 7.20. The third-order valence-electron chi connectivity index (χ3n) is 9.07. The van der Waals surface area contributed by atoms with Crippen molar-refractivity contribution in [3.63, 3.8) is 0 Å². The molecule has 12 nitrogen and oxygen atoms in total. The van der Waals surface area contributed by atoms with Crippen molar-refractivity contribution in [3.8, 4) is 16.5 Å². The van der Waals surface area contributed by atoms with Gasteiger partial charge in [0.15, 0.2) is 5.78 Å². The lowest BCUT2D eigenvalue weighted by Crippen LogP contribution is -2.59. The zero-order chi connectivity index (χ0) is 32.4. The van der Waals surface area contributed by atoms with Gasteiger partial charge in [-0.3, -0.25) is 19.3 Å². The van der Waals surface area contributed by atoms with Crippen molar-refractivity contribution < 1.29 is 37.8 Å². The lowest BCUT2D eigenvalue weighted by molar-refractivity contribution is -0.129. The van der Waals surface area contributed by atoms with E-state index in [1.165, 1.54) is 24.5 Å². The van der Waals surface area contributed by atoms with E-state index < -0.39 is 17.6 Å². The molecule has 5 heterocycles. The van der Waals surface area contributed by atoms with Gasteiger partial charge in [0.25, 0.3) is 0 Å². The van der Waals surface area contributed by atoms with Crippen LogP contribution in [0.1, 0.15) is 60.2 Å². The minimum Gasteiger partial charge on any atom is -0.496 e. The van der Waals surface area contributed by atoms with Gasteiger partial charge in [0.2, 0.25) is 11.8 Å². The quantitative estimate of drug-likeness (QED) is 0.330. The molecule has 1 atom stereocenters. The van der Waals surface area contributed by atoms with Gasteiger partial charge in [-0.2, -0.15) is 0 Å². The lowest BCUT2D eigenvalue weighted by Gasteiger charge is -2.45. The number of para-hydroxylation sites is 1. The fourth-order valence-electron chi connectivity index (χ4n) is 6.55. The van der Waals surface area contributed by atoms with E-state index >= 15 is 0 Å². The summed E-state index contributed by atoms with van der Waals surface area (Å²) in [6, 6.07) is 7.21.